The van der Waals surface area contributed by atoms with Crippen molar-refractivity contribution in [1.82, 2.24) is 14.8 Å². The first kappa shape index (κ1) is 19.9. The van der Waals surface area contributed by atoms with Crippen LogP contribution in [-0.4, -0.2) is 14.8 Å². The highest BCUT2D eigenvalue weighted by atomic mass is 35.5. The number of benzene rings is 4. The minimum atomic E-state index is 0.712. The molecule has 0 bridgehead atoms. The lowest BCUT2D eigenvalue weighted by Crippen LogP contribution is -2.04. The first-order valence-corrected chi connectivity index (χ1v) is 11.5. The molecule has 5 heteroatoms. The Bertz CT molecular complexity index is 1310. The predicted molar refractivity (Wildman–Crippen MR) is 130 cm³/mol. The van der Waals surface area contributed by atoms with E-state index in [-0.39, 0.29) is 0 Å². The summed E-state index contributed by atoms with van der Waals surface area (Å²) in [5, 5.41) is 13.2. The zero-order chi connectivity index (χ0) is 21.0. The van der Waals surface area contributed by atoms with Crippen molar-refractivity contribution in [2.75, 3.05) is 0 Å². The van der Waals surface area contributed by atoms with E-state index in [1.807, 2.05) is 30.3 Å². The second kappa shape index (κ2) is 8.96. The van der Waals surface area contributed by atoms with E-state index in [0.29, 0.717) is 11.6 Å². The van der Waals surface area contributed by atoms with Crippen LogP contribution in [0.1, 0.15) is 11.1 Å². The van der Waals surface area contributed by atoms with Crippen molar-refractivity contribution in [3.63, 3.8) is 0 Å². The molecular weight excluding hydrogens is 422 g/mol. The fourth-order valence-corrected chi connectivity index (χ4v) is 4.74. The summed E-state index contributed by atoms with van der Waals surface area (Å²) in [7, 11) is 0. The van der Waals surface area contributed by atoms with Gasteiger partial charge in [-0.05, 0) is 46.2 Å². The molecule has 0 spiro atoms. The van der Waals surface area contributed by atoms with E-state index >= 15 is 0 Å². The van der Waals surface area contributed by atoms with Gasteiger partial charge in [-0.3, -0.25) is 4.57 Å². The Hall–Kier alpha value is -3.08. The molecule has 0 aliphatic carbocycles. The van der Waals surface area contributed by atoms with Crippen molar-refractivity contribution in [1.29, 1.82) is 0 Å². The van der Waals surface area contributed by atoms with E-state index in [9.17, 15) is 0 Å². The number of hydrogen-bond acceptors (Lipinski definition) is 3. The molecule has 4 aromatic carbocycles. The molecular formula is C26H20ClN3S. The molecule has 0 fully saturated rings. The maximum Gasteiger partial charge on any atom is 0.192 e. The molecule has 0 radical (unpaired) electrons. The van der Waals surface area contributed by atoms with Crippen LogP contribution >= 0.6 is 23.4 Å². The van der Waals surface area contributed by atoms with E-state index in [2.05, 4.69) is 81.5 Å². The largest absolute Gasteiger partial charge is 0.298 e. The molecule has 0 saturated heterocycles. The average Bonchev–Trinajstić information content (AvgIpc) is 3.21. The second-order valence-corrected chi connectivity index (χ2v) is 8.69. The summed E-state index contributed by atoms with van der Waals surface area (Å²) in [5.74, 6) is 1.68. The van der Waals surface area contributed by atoms with Gasteiger partial charge in [0, 0.05) is 16.3 Å². The molecule has 3 nitrogen and oxygen atoms in total. The van der Waals surface area contributed by atoms with Crippen LogP contribution in [0.5, 0.6) is 0 Å². The first-order chi connectivity index (χ1) is 15.3. The standard InChI is InChI=1S/C26H20ClN3S/c27-23-15-13-21(14-16-23)25-28-29-26(30(25)17-19-7-2-1-3-8-19)31-18-22-11-6-10-20-9-4-5-12-24(20)22/h1-16H,17-18H2. The predicted octanol–water partition coefficient (Wildman–Crippen LogP) is 7.09. The van der Waals surface area contributed by atoms with Crippen molar-refractivity contribution >= 4 is 34.1 Å². The minimum absolute atomic E-state index is 0.712. The molecule has 0 unspecified atom stereocenters. The quantitative estimate of drug-likeness (QED) is 0.263. The highest BCUT2D eigenvalue weighted by molar-refractivity contribution is 7.98. The summed E-state index contributed by atoms with van der Waals surface area (Å²) in [5.41, 5.74) is 3.51. The summed E-state index contributed by atoms with van der Waals surface area (Å²) < 4.78 is 2.19. The molecule has 0 aliphatic rings. The van der Waals surface area contributed by atoms with E-state index in [1.54, 1.807) is 11.8 Å². The van der Waals surface area contributed by atoms with Gasteiger partial charge in [-0.2, -0.15) is 0 Å². The number of hydrogen-bond donors (Lipinski definition) is 0. The minimum Gasteiger partial charge on any atom is -0.298 e. The zero-order valence-electron chi connectivity index (χ0n) is 16.8. The summed E-state index contributed by atoms with van der Waals surface area (Å²) in [4.78, 5) is 0. The Labute approximate surface area is 190 Å². The summed E-state index contributed by atoms with van der Waals surface area (Å²) >= 11 is 7.81. The first-order valence-electron chi connectivity index (χ1n) is 10.1. The maximum atomic E-state index is 6.09. The Balaban J connectivity index is 1.49. The number of nitrogens with zero attached hydrogens (tertiary/aromatic N) is 3. The number of rotatable bonds is 6. The summed E-state index contributed by atoms with van der Waals surface area (Å²) in [6.07, 6.45) is 0. The highest BCUT2D eigenvalue weighted by Gasteiger charge is 2.15. The van der Waals surface area contributed by atoms with E-state index in [0.717, 1.165) is 22.3 Å². The van der Waals surface area contributed by atoms with Gasteiger partial charge in [-0.1, -0.05) is 96.2 Å². The van der Waals surface area contributed by atoms with Crippen LogP contribution in [0.4, 0.5) is 0 Å². The van der Waals surface area contributed by atoms with Crippen LogP contribution in [0, 0.1) is 0 Å². The second-order valence-electron chi connectivity index (χ2n) is 7.31. The van der Waals surface area contributed by atoms with Crippen molar-refractivity contribution in [3.8, 4) is 11.4 Å². The Morgan fingerprint density at radius 2 is 1.48 bits per heavy atom. The van der Waals surface area contributed by atoms with Gasteiger partial charge in [0.05, 0.1) is 6.54 Å². The number of fused-ring (bicyclic) bond motifs is 1. The van der Waals surface area contributed by atoms with Crippen LogP contribution < -0.4 is 0 Å². The molecule has 0 saturated carbocycles. The van der Waals surface area contributed by atoms with Gasteiger partial charge in [-0.15, -0.1) is 10.2 Å². The Kier molecular flexibility index (Phi) is 5.74. The van der Waals surface area contributed by atoms with Crippen molar-refractivity contribution in [3.05, 3.63) is 113 Å². The van der Waals surface area contributed by atoms with Crippen molar-refractivity contribution in [2.45, 2.75) is 17.5 Å². The number of thioether (sulfide) groups is 1. The Morgan fingerprint density at radius 3 is 2.32 bits per heavy atom. The van der Waals surface area contributed by atoms with Gasteiger partial charge in [-0.25, -0.2) is 0 Å². The van der Waals surface area contributed by atoms with Crippen molar-refractivity contribution < 1.29 is 0 Å². The van der Waals surface area contributed by atoms with Gasteiger partial charge >= 0.3 is 0 Å². The fraction of sp³-hybridized carbons (Fsp3) is 0.0769. The molecule has 5 rings (SSSR count). The molecule has 1 heterocycles. The monoisotopic (exact) mass is 441 g/mol. The molecule has 0 N–H and O–H groups in total. The fourth-order valence-electron chi connectivity index (χ4n) is 3.68. The lowest BCUT2D eigenvalue weighted by molar-refractivity contribution is 0.714. The van der Waals surface area contributed by atoms with Gasteiger partial charge < -0.3 is 0 Å². The van der Waals surface area contributed by atoms with Crippen LogP contribution in [0.25, 0.3) is 22.2 Å². The van der Waals surface area contributed by atoms with Gasteiger partial charge in [0.15, 0.2) is 11.0 Å². The normalized spacial score (nSPS) is 11.1. The third-order valence-electron chi connectivity index (χ3n) is 5.24. The molecule has 0 atom stereocenters. The van der Waals surface area contributed by atoms with Gasteiger partial charge in [0.25, 0.3) is 0 Å². The highest BCUT2D eigenvalue weighted by Crippen LogP contribution is 2.30. The topological polar surface area (TPSA) is 30.7 Å². The SMILES string of the molecule is Clc1ccc(-c2nnc(SCc3cccc4ccccc34)n2Cc2ccccc2)cc1. The van der Waals surface area contributed by atoms with Crippen molar-refractivity contribution in [2.24, 2.45) is 0 Å². The summed E-state index contributed by atoms with van der Waals surface area (Å²) in [6.45, 7) is 0.712. The average molecular weight is 442 g/mol. The third kappa shape index (κ3) is 4.36. The van der Waals surface area contributed by atoms with Crippen LogP contribution in [-0.2, 0) is 12.3 Å². The molecule has 152 valence electrons. The maximum absolute atomic E-state index is 6.09. The lowest BCUT2D eigenvalue weighted by Gasteiger charge is -2.11. The van der Waals surface area contributed by atoms with Crippen LogP contribution in [0.3, 0.4) is 0 Å². The third-order valence-corrected chi connectivity index (χ3v) is 6.51. The van der Waals surface area contributed by atoms with Crippen LogP contribution in [0.2, 0.25) is 5.02 Å². The van der Waals surface area contributed by atoms with E-state index in [4.69, 9.17) is 11.6 Å². The molecule has 31 heavy (non-hydrogen) atoms. The smallest absolute Gasteiger partial charge is 0.192 e. The Morgan fingerprint density at radius 1 is 0.742 bits per heavy atom. The lowest BCUT2D eigenvalue weighted by atomic mass is 10.1. The van der Waals surface area contributed by atoms with Gasteiger partial charge in [0.2, 0.25) is 0 Å². The van der Waals surface area contributed by atoms with Gasteiger partial charge in [0.1, 0.15) is 0 Å². The van der Waals surface area contributed by atoms with E-state index in [1.165, 1.54) is 21.9 Å². The number of halogens is 1. The molecule has 1 aromatic heterocycles. The summed E-state index contributed by atoms with van der Waals surface area (Å²) in [6, 6.07) is 33.1. The number of aromatic nitrogens is 3. The molecule has 0 aliphatic heterocycles. The zero-order valence-corrected chi connectivity index (χ0v) is 18.4. The van der Waals surface area contributed by atoms with E-state index < -0.39 is 0 Å². The van der Waals surface area contributed by atoms with Crippen LogP contribution in [0.15, 0.2) is 102 Å². The molecule has 0 amide bonds. The molecule has 5 aromatic rings.